The lowest BCUT2D eigenvalue weighted by molar-refractivity contribution is 0.154. The molecular formula is C11H15NO4. The van der Waals surface area contributed by atoms with Crippen molar-refractivity contribution in [3.63, 3.8) is 0 Å². The minimum Gasteiger partial charge on any atom is -0.486 e. The van der Waals surface area contributed by atoms with Gasteiger partial charge in [0.1, 0.15) is 13.2 Å². The van der Waals surface area contributed by atoms with E-state index in [0.717, 1.165) is 22.6 Å². The topological polar surface area (TPSA) is 60.0 Å². The molecule has 0 amide bonds. The van der Waals surface area contributed by atoms with Gasteiger partial charge < -0.3 is 19.4 Å². The van der Waals surface area contributed by atoms with Crippen molar-refractivity contribution in [1.82, 2.24) is 5.48 Å². The fourth-order valence-corrected chi connectivity index (χ4v) is 1.71. The van der Waals surface area contributed by atoms with E-state index in [2.05, 4.69) is 5.48 Å². The van der Waals surface area contributed by atoms with Crippen LogP contribution in [-0.4, -0.2) is 25.5 Å². The van der Waals surface area contributed by atoms with Crippen molar-refractivity contribution in [2.24, 2.45) is 0 Å². The summed E-state index contributed by atoms with van der Waals surface area (Å²) < 4.78 is 16.0. The largest absolute Gasteiger partial charge is 0.486 e. The molecule has 1 aromatic carbocycles. The number of ether oxygens (including phenoxy) is 3. The zero-order valence-corrected chi connectivity index (χ0v) is 9.16. The van der Waals surface area contributed by atoms with Crippen LogP contribution in [0.1, 0.15) is 11.1 Å². The first-order chi connectivity index (χ1) is 7.85. The third-order valence-corrected chi connectivity index (χ3v) is 2.43. The molecule has 0 bridgehead atoms. The van der Waals surface area contributed by atoms with Gasteiger partial charge in [0.15, 0.2) is 11.5 Å². The van der Waals surface area contributed by atoms with Gasteiger partial charge in [0.25, 0.3) is 0 Å². The zero-order valence-electron chi connectivity index (χ0n) is 9.16. The van der Waals surface area contributed by atoms with Crippen LogP contribution < -0.4 is 15.0 Å². The van der Waals surface area contributed by atoms with E-state index in [1.165, 1.54) is 0 Å². The maximum Gasteiger partial charge on any atom is 0.161 e. The maximum atomic E-state index is 8.75. The highest BCUT2D eigenvalue weighted by Crippen LogP contribution is 2.33. The molecule has 0 fully saturated rings. The van der Waals surface area contributed by atoms with E-state index in [-0.39, 0.29) is 0 Å². The van der Waals surface area contributed by atoms with Crippen LogP contribution in [0.15, 0.2) is 12.1 Å². The molecule has 1 aliphatic heterocycles. The Morgan fingerprint density at radius 3 is 2.44 bits per heavy atom. The van der Waals surface area contributed by atoms with Crippen LogP contribution in [0.5, 0.6) is 11.5 Å². The standard InChI is InChI=1S/C11H15NO4/c1-14-7-9-5-11-10(15-2-3-16-11)4-8(9)6-12-13/h4-5,12-13H,2-3,6-7H2,1H3. The van der Waals surface area contributed by atoms with Crippen molar-refractivity contribution in [2.75, 3.05) is 20.3 Å². The Kier molecular flexibility index (Phi) is 3.61. The number of rotatable bonds is 4. The lowest BCUT2D eigenvalue weighted by Gasteiger charge is -2.21. The predicted octanol–water partition coefficient (Wildman–Crippen LogP) is 1.08. The van der Waals surface area contributed by atoms with E-state index < -0.39 is 0 Å². The summed E-state index contributed by atoms with van der Waals surface area (Å²) in [5.74, 6) is 1.45. The summed E-state index contributed by atoms with van der Waals surface area (Å²) in [5.41, 5.74) is 4.06. The summed E-state index contributed by atoms with van der Waals surface area (Å²) in [6.07, 6.45) is 0. The third kappa shape index (κ3) is 2.27. The van der Waals surface area contributed by atoms with Crippen LogP contribution in [0.4, 0.5) is 0 Å². The molecule has 1 aromatic rings. The number of hydroxylamine groups is 1. The first-order valence-electron chi connectivity index (χ1n) is 5.12. The molecule has 0 aliphatic carbocycles. The second-order valence-corrected chi connectivity index (χ2v) is 3.53. The summed E-state index contributed by atoms with van der Waals surface area (Å²) in [4.78, 5) is 0. The molecule has 0 atom stereocenters. The first kappa shape index (κ1) is 11.2. The lowest BCUT2D eigenvalue weighted by atomic mass is 10.1. The number of hydrogen-bond donors (Lipinski definition) is 2. The quantitative estimate of drug-likeness (QED) is 0.751. The van der Waals surface area contributed by atoms with Gasteiger partial charge in [-0.1, -0.05) is 0 Å². The Balaban J connectivity index is 2.33. The average Bonchev–Trinajstić information content (AvgIpc) is 2.30. The molecule has 16 heavy (non-hydrogen) atoms. The van der Waals surface area contributed by atoms with E-state index in [1.807, 2.05) is 12.1 Å². The van der Waals surface area contributed by atoms with Crippen LogP contribution >= 0.6 is 0 Å². The highest BCUT2D eigenvalue weighted by Gasteiger charge is 2.15. The molecule has 0 saturated carbocycles. The van der Waals surface area contributed by atoms with Gasteiger partial charge in [-0.2, -0.15) is 0 Å². The highest BCUT2D eigenvalue weighted by atomic mass is 16.6. The highest BCUT2D eigenvalue weighted by molar-refractivity contribution is 5.48. The summed E-state index contributed by atoms with van der Waals surface area (Å²) >= 11 is 0. The molecule has 0 saturated heterocycles. The van der Waals surface area contributed by atoms with Gasteiger partial charge >= 0.3 is 0 Å². The monoisotopic (exact) mass is 225 g/mol. The normalized spacial score (nSPS) is 13.9. The molecule has 5 heteroatoms. The van der Waals surface area contributed by atoms with E-state index in [1.54, 1.807) is 7.11 Å². The smallest absolute Gasteiger partial charge is 0.161 e. The molecule has 88 valence electrons. The molecule has 1 heterocycles. The fraction of sp³-hybridized carbons (Fsp3) is 0.455. The van der Waals surface area contributed by atoms with Crippen LogP contribution in [0, 0.1) is 0 Å². The number of benzene rings is 1. The Hall–Kier alpha value is -1.30. The van der Waals surface area contributed by atoms with Gasteiger partial charge in [-0.05, 0) is 23.3 Å². The van der Waals surface area contributed by atoms with Gasteiger partial charge in [0.2, 0.25) is 0 Å². The number of fused-ring (bicyclic) bond motifs is 1. The van der Waals surface area contributed by atoms with Gasteiger partial charge in [-0.15, -0.1) is 0 Å². The fourth-order valence-electron chi connectivity index (χ4n) is 1.71. The minimum absolute atomic E-state index is 0.356. The van der Waals surface area contributed by atoms with Gasteiger partial charge in [0.05, 0.1) is 6.61 Å². The number of methoxy groups -OCH3 is 1. The average molecular weight is 225 g/mol. The molecule has 2 N–H and O–H groups in total. The molecule has 0 radical (unpaired) electrons. The van der Waals surface area contributed by atoms with Crippen LogP contribution in [-0.2, 0) is 17.9 Å². The molecule has 0 spiro atoms. The van der Waals surface area contributed by atoms with Gasteiger partial charge in [-0.3, -0.25) is 0 Å². The Labute approximate surface area is 93.9 Å². The van der Waals surface area contributed by atoms with Gasteiger partial charge in [-0.25, -0.2) is 5.48 Å². The van der Waals surface area contributed by atoms with Gasteiger partial charge in [0, 0.05) is 13.7 Å². The zero-order chi connectivity index (χ0) is 11.4. The predicted molar refractivity (Wildman–Crippen MR) is 56.8 cm³/mol. The summed E-state index contributed by atoms with van der Waals surface area (Å²) in [6.45, 7) is 1.96. The number of nitrogens with one attached hydrogen (secondary N) is 1. The Morgan fingerprint density at radius 1 is 1.25 bits per heavy atom. The molecule has 0 unspecified atom stereocenters. The molecule has 2 rings (SSSR count). The third-order valence-electron chi connectivity index (χ3n) is 2.43. The Morgan fingerprint density at radius 2 is 1.88 bits per heavy atom. The molecule has 1 aliphatic rings. The maximum absolute atomic E-state index is 8.75. The second kappa shape index (κ2) is 5.16. The summed E-state index contributed by atoms with van der Waals surface area (Å²) in [5, 5.41) is 8.75. The van der Waals surface area contributed by atoms with Crippen molar-refractivity contribution >= 4 is 0 Å². The number of hydrogen-bond acceptors (Lipinski definition) is 5. The van der Waals surface area contributed by atoms with E-state index in [9.17, 15) is 0 Å². The first-order valence-corrected chi connectivity index (χ1v) is 5.12. The van der Waals surface area contributed by atoms with E-state index in [4.69, 9.17) is 19.4 Å². The van der Waals surface area contributed by atoms with Crippen molar-refractivity contribution in [1.29, 1.82) is 0 Å². The Bertz CT molecular complexity index is 332. The van der Waals surface area contributed by atoms with Crippen LogP contribution in [0.25, 0.3) is 0 Å². The summed E-state index contributed by atoms with van der Waals surface area (Å²) in [7, 11) is 1.63. The van der Waals surface area contributed by atoms with Crippen molar-refractivity contribution in [2.45, 2.75) is 13.2 Å². The van der Waals surface area contributed by atoms with E-state index >= 15 is 0 Å². The van der Waals surface area contributed by atoms with Crippen LogP contribution in [0.2, 0.25) is 0 Å². The van der Waals surface area contributed by atoms with Crippen LogP contribution in [0.3, 0.4) is 0 Å². The summed E-state index contributed by atoms with van der Waals surface area (Å²) in [6, 6.07) is 3.76. The molecular weight excluding hydrogens is 210 g/mol. The molecule has 0 aromatic heterocycles. The molecule has 5 nitrogen and oxygen atoms in total. The van der Waals surface area contributed by atoms with Crippen molar-refractivity contribution in [3.05, 3.63) is 23.3 Å². The lowest BCUT2D eigenvalue weighted by Crippen LogP contribution is -2.17. The second-order valence-electron chi connectivity index (χ2n) is 3.53. The van der Waals surface area contributed by atoms with Crippen molar-refractivity contribution in [3.8, 4) is 11.5 Å². The SMILES string of the molecule is COCc1cc2c(cc1CNO)OCCO2. The van der Waals surface area contributed by atoms with E-state index in [0.29, 0.717) is 26.4 Å². The van der Waals surface area contributed by atoms with Crippen molar-refractivity contribution < 1.29 is 19.4 Å². The minimum atomic E-state index is 0.356.